The fraction of sp³-hybridized carbons (Fsp3) is 0.870. The molecule has 0 amide bonds. The van der Waals surface area contributed by atoms with Crippen molar-refractivity contribution in [1.82, 2.24) is 0 Å². The van der Waals surface area contributed by atoms with Gasteiger partial charge in [0, 0.05) is 19.3 Å². The van der Waals surface area contributed by atoms with Gasteiger partial charge in [0.05, 0.1) is 0 Å². The van der Waals surface area contributed by atoms with Gasteiger partial charge in [-0.15, -0.1) is 0 Å². The van der Waals surface area contributed by atoms with Gasteiger partial charge >= 0.3 is 17.9 Å². The summed E-state index contributed by atoms with van der Waals surface area (Å²) in [6, 6.07) is 0. The van der Waals surface area contributed by atoms with Crippen LogP contribution in [-0.4, -0.2) is 37.2 Å². The first-order valence-corrected chi connectivity index (χ1v) is 26.3. The second-order valence-corrected chi connectivity index (χ2v) is 17.8. The largest absolute Gasteiger partial charge is 0.462 e. The van der Waals surface area contributed by atoms with E-state index in [1.165, 1.54) is 180 Å². The summed E-state index contributed by atoms with van der Waals surface area (Å²) in [5, 5.41) is 0. The summed E-state index contributed by atoms with van der Waals surface area (Å²) in [5.74, 6) is -0.872. The van der Waals surface area contributed by atoms with Crippen LogP contribution in [0.3, 0.4) is 0 Å². The first kappa shape index (κ1) is 57.9. The number of rotatable bonds is 48. The predicted molar refractivity (Wildman–Crippen MR) is 256 cm³/mol. The Bertz CT molecular complexity index is 973. The summed E-state index contributed by atoms with van der Waals surface area (Å²) in [4.78, 5) is 38.0. The van der Waals surface area contributed by atoms with Gasteiger partial charge < -0.3 is 14.2 Å². The van der Waals surface area contributed by atoms with Gasteiger partial charge in [0.2, 0.25) is 0 Å². The van der Waals surface area contributed by atoms with Crippen LogP contribution in [0.1, 0.15) is 284 Å². The molecule has 0 saturated carbocycles. The molecule has 0 rings (SSSR count). The molecule has 0 heterocycles. The molecule has 6 nitrogen and oxygen atoms in total. The molecule has 352 valence electrons. The molecule has 0 fully saturated rings. The number of ether oxygens (including phenoxy) is 3. The third-order valence-corrected chi connectivity index (χ3v) is 11.7. The number of carbonyl (C=O) groups excluding carboxylic acids is 3. The fourth-order valence-corrected chi connectivity index (χ4v) is 7.67. The monoisotopic (exact) mass is 845 g/mol. The molecule has 0 aromatic carbocycles. The van der Waals surface area contributed by atoms with Crippen molar-refractivity contribution in [2.24, 2.45) is 0 Å². The van der Waals surface area contributed by atoms with Gasteiger partial charge in [-0.2, -0.15) is 0 Å². The Labute approximate surface area is 373 Å². The van der Waals surface area contributed by atoms with Crippen molar-refractivity contribution >= 4 is 17.9 Å². The van der Waals surface area contributed by atoms with E-state index < -0.39 is 6.10 Å². The maximum absolute atomic E-state index is 12.8. The maximum Gasteiger partial charge on any atom is 0.306 e. The zero-order valence-corrected chi connectivity index (χ0v) is 40.2. The zero-order valence-electron chi connectivity index (χ0n) is 40.2. The van der Waals surface area contributed by atoms with Crippen molar-refractivity contribution in [2.75, 3.05) is 13.2 Å². The molecule has 6 heteroatoms. The van der Waals surface area contributed by atoms with E-state index >= 15 is 0 Å². The van der Waals surface area contributed by atoms with Crippen LogP contribution in [0.25, 0.3) is 0 Å². The Morgan fingerprint density at radius 1 is 0.317 bits per heavy atom. The van der Waals surface area contributed by atoms with Gasteiger partial charge in [0.1, 0.15) is 13.2 Å². The number of hydrogen-bond donors (Lipinski definition) is 0. The lowest BCUT2D eigenvalue weighted by Gasteiger charge is -2.18. The molecule has 0 N–H and O–H groups in total. The van der Waals surface area contributed by atoms with Gasteiger partial charge in [-0.25, -0.2) is 0 Å². The fourth-order valence-electron chi connectivity index (χ4n) is 7.67. The number of hydrogen-bond acceptors (Lipinski definition) is 6. The standard InChI is InChI=1S/C54H100O6/c1-4-7-10-13-16-19-22-25-27-30-32-35-38-41-44-47-53(56)59-50-51(49-58-52(55)46-43-40-37-34-31-28-24-21-18-15-12-9-6-3)60-54(57)48-45-42-39-36-33-29-26-23-20-17-14-11-8-5-2/h19,22-23,26,51H,4-18,20-21,24-25,27-50H2,1-3H3/b22-19+,26-23+/t51-/m1/s1. The van der Waals surface area contributed by atoms with E-state index in [4.69, 9.17) is 14.2 Å². The number of carbonyl (C=O) groups is 3. The van der Waals surface area contributed by atoms with Crippen LogP contribution in [0.15, 0.2) is 24.3 Å². The van der Waals surface area contributed by atoms with E-state index in [1.807, 2.05) is 0 Å². The van der Waals surface area contributed by atoms with E-state index in [2.05, 4.69) is 45.1 Å². The van der Waals surface area contributed by atoms with Gasteiger partial charge in [-0.1, -0.05) is 218 Å². The molecule has 0 unspecified atom stereocenters. The number of allylic oxidation sites excluding steroid dienone is 4. The topological polar surface area (TPSA) is 78.9 Å². The Kier molecular flexibility index (Phi) is 47.8. The molecule has 0 aliphatic carbocycles. The Balaban J connectivity index is 4.36. The van der Waals surface area contributed by atoms with Crippen LogP contribution in [0.2, 0.25) is 0 Å². The second-order valence-electron chi connectivity index (χ2n) is 17.8. The van der Waals surface area contributed by atoms with E-state index in [-0.39, 0.29) is 31.1 Å². The quantitative estimate of drug-likeness (QED) is 0.0263. The smallest absolute Gasteiger partial charge is 0.306 e. The predicted octanol–water partition coefficient (Wildman–Crippen LogP) is 17.2. The summed E-state index contributed by atoms with van der Waals surface area (Å²) in [6.07, 6.45) is 55.8. The average molecular weight is 845 g/mol. The molecule has 0 radical (unpaired) electrons. The van der Waals surface area contributed by atoms with Crippen LogP contribution >= 0.6 is 0 Å². The van der Waals surface area contributed by atoms with Gasteiger partial charge in [-0.05, 0) is 70.6 Å². The van der Waals surface area contributed by atoms with Crippen LogP contribution in [0.5, 0.6) is 0 Å². The van der Waals surface area contributed by atoms with Gasteiger partial charge in [-0.3, -0.25) is 14.4 Å². The number of esters is 3. The molecular weight excluding hydrogens is 745 g/mol. The minimum absolute atomic E-state index is 0.0721. The van der Waals surface area contributed by atoms with Gasteiger partial charge in [0.25, 0.3) is 0 Å². The Morgan fingerprint density at radius 2 is 0.550 bits per heavy atom. The first-order chi connectivity index (χ1) is 29.5. The van der Waals surface area contributed by atoms with E-state index in [0.29, 0.717) is 19.3 Å². The van der Waals surface area contributed by atoms with E-state index in [9.17, 15) is 14.4 Å². The van der Waals surface area contributed by atoms with Crippen molar-refractivity contribution in [3.05, 3.63) is 24.3 Å². The van der Waals surface area contributed by atoms with E-state index in [0.717, 1.165) is 64.2 Å². The maximum atomic E-state index is 12.8. The molecular formula is C54H100O6. The third-order valence-electron chi connectivity index (χ3n) is 11.7. The average Bonchev–Trinajstić information content (AvgIpc) is 3.24. The van der Waals surface area contributed by atoms with Crippen molar-refractivity contribution < 1.29 is 28.6 Å². The Hall–Kier alpha value is -2.11. The molecule has 0 saturated heterocycles. The summed E-state index contributed by atoms with van der Waals surface area (Å²) >= 11 is 0. The third kappa shape index (κ3) is 46.9. The molecule has 0 aromatic heterocycles. The SMILES string of the molecule is CCCCCC/C=C/CCCCCCCCCC(=O)OC[C@@H](COC(=O)CCCCCCCCCCCCCCC)OC(=O)CCCCCCC/C=C/CCCCCCC. The van der Waals surface area contributed by atoms with Crippen LogP contribution in [-0.2, 0) is 28.6 Å². The zero-order chi connectivity index (χ0) is 43.7. The molecule has 0 aliphatic heterocycles. The number of unbranched alkanes of at least 4 members (excludes halogenated alkanes) is 33. The van der Waals surface area contributed by atoms with Crippen LogP contribution in [0.4, 0.5) is 0 Å². The first-order valence-electron chi connectivity index (χ1n) is 26.3. The lowest BCUT2D eigenvalue weighted by atomic mass is 10.0. The molecule has 0 spiro atoms. The highest BCUT2D eigenvalue weighted by Gasteiger charge is 2.19. The Morgan fingerprint density at radius 3 is 0.850 bits per heavy atom. The van der Waals surface area contributed by atoms with Crippen molar-refractivity contribution in [2.45, 2.75) is 290 Å². The lowest BCUT2D eigenvalue weighted by Crippen LogP contribution is -2.30. The molecule has 0 bridgehead atoms. The highest BCUT2D eigenvalue weighted by molar-refractivity contribution is 5.71. The highest BCUT2D eigenvalue weighted by Crippen LogP contribution is 2.15. The van der Waals surface area contributed by atoms with E-state index in [1.54, 1.807) is 0 Å². The van der Waals surface area contributed by atoms with Gasteiger partial charge in [0.15, 0.2) is 6.10 Å². The highest BCUT2D eigenvalue weighted by atomic mass is 16.6. The summed E-state index contributed by atoms with van der Waals surface area (Å²) in [6.45, 7) is 6.63. The van der Waals surface area contributed by atoms with Crippen LogP contribution in [0, 0.1) is 0 Å². The lowest BCUT2D eigenvalue weighted by molar-refractivity contribution is -0.167. The molecule has 0 aliphatic rings. The minimum atomic E-state index is -0.772. The molecule has 0 aromatic rings. The van der Waals surface area contributed by atoms with Crippen molar-refractivity contribution in [3.8, 4) is 0 Å². The minimum Gasteiger partial charge on any atom is -0.462 e. The molecule has 1 atom stereocenters. The van der Waals surface area contributed by atoms with Crippen molar-refractivity contribution in [1.29, 1.82) is 0 Å². The summed E-state index contributed by atoms with van der Waals surface area (Å²) in [7, 11) is 0. The summed E-state index contributed by atoms with van der Waals surface area (Å²) in [5.41, 5.74) is 0. The normalized spacial score (nSPS) is 12.1. The molecule has 60 heavy (non-hydrogen) atoms. The van der Waals surface area contributed by atoms with Crippen LogP contribution < -0.4 is 0 Å². The van der Waals surface area contributed by atoms with Crippen molar-refractivity contribution in [3.63, 3.8) is 0 Å². The summed E-state index contributed by atoms with van der Waals surface area (Å²) < 4.78 is 16.8. The second kappa shape index (κ2) is 49.5.